The Balaban J connectivity index is 1.54. The standard InChI is InChI=1S/C22H22N6O5/c1-31-15-6-4-5-14(9-15)11-28-21-20(25-26-28)22(30)27(13-23-21)12-19(29)24-17-10-16(32-2)7-8-18(17)33-3/h4-10,13H,11-12H2,1-3H3,(H,24,29). The molecule has 0 saturated heterocycles. The van der Waals surface area contributed by atoms with Crippen molar-refractivity contribution in [3.63, 3.8) is 0 Å². The van der Waals surface area contributed by atoms with Gasteiger partial charge in [0.2, 0.25) is 5.91 Å². The fourth-order valence-corrected chi connectivity index (χ4v) is 3.31. The highest BCUT2D eigenvalue weighted by atomic mass is 16.5. The first-order chi connectivity index (χ1) is 16.0. The zero-order chi connectivity index (χ0) is 23.4. The van der Waals surface area contributed by atoms with Crippen LogP contribution in [0.2, 0.25) is 0 Å². The second-order valence-corrected chi connectivity index (χ2v) is 7.06. The molecule has 1 amide bonds. The number of aromatic nitrogens is 5. The van der Waals surface area contributed by atoms with E-state index in [0.717, 1.165) is 5.56 Å². The number of carbonyl (C=O) groups is 1. The molecule has 0 aliphatic heterocycles. The van der Waals surface area contributed by atoms with Crippen molar-refractivity contribution < 1.29 is 19.0 Å². The van der Waals surface area contributed by atoms with Gasteiger partial charge in [0.25, 0.3) is 5.56 Å². The summed E-state index contributed by atoms with van der Waals surface area (Å²) < 4.78 is 18.4. The minimum atomic E-state index is -0.468. The molecule has 0 atom stereocenters. The summed E-state index contributed by atoms with van der Waals surface area (Å²) in [4.78, 5) is 29.8. The van der Waals surface area contributed by atoms with E-state index in [1.165, 1.54) is 29.8 Å². The van der Waals surface area contributed by atoms with Crippen molar-refractivity contribution in [1.82, 2.24) is 24.5 Å². The van der Waals surface area contributed by atoms with E-state index in [2.05, 4.69) is 20.6 Å². The molecule has 0 unspecified atom stereocenters. The van der Waals surface area contributed by atoms with Crippen LogP contribution in [-0.4, -0.2) is 51.8 Å². The van der Waals surface area contributed by atoms with Crippen molar-refractivity contribution in [1.29, 1.82) is 0 Å². The maximum atomic E-state index is 12.9. The summed E-state index contributed by atoms with van der Waals surface area (Å²) >= 11 is 0. The van der Waals surface area contributed by atoms with Crippen molar-refractivity contribution in [3.05, 3.63) is 64.7 Å². The number of nitrogens with one attached hydrogen (secondary N) is 1. The van der Waals surface area contributed by atoms with Crippen molar-refractivity contribution in [2.75, 3.05) is 26.6 Å². The Morgan fingerprint density at radius 3 is 2.58 bits per heavy atom. The van der Waals surface area contributed by atoms with E-state index < -0.39 is 11.5 Å². The number of hydrogen-bond acceptors (Lipinski definition) is 8. The minimum Gasteiger partial charge on any atom is -0.497 e. The van der Waals surface area contributed by atoms with E-state index in [1.54, 1.807) is 25.3 Å². The lowest BCUT2D eigenvalue weighted by Gasteiger charge is -2.12. The number of nitrogens with zero attached hydrogens (tertiary/aromatic N) is 5. The Hall–Kier alpha value is -4.41. The van der Waals surface area contributed by atoms with Gasteiger partial charge >= 0.3 is 0 Å². The second kappa shape index (κ2) is 9.39. The van der Waals surface area contributed by atoms with Crippen LogP contribution >= 0.6 is 0 Å². The van der Waals surface area contributed by atoms with Gasteiger partial charge in [-0.2, -0.15) is 0 Å². The summed E-state index contributed by atoms with van der Waals surface area (Å²) in [7, 11) is 4.61. The van der Waals surface area contributed by atoms with Gasteiger partial charge < -0.3 is 19.5 Å². The lowest BCUT2D eigenvalue weighted by atomic mass is 10.2. The number of hydrogen-bond donors (Lipinski definition) is 1. The predicted octanol–water partition coefficient (Wildman–Crippen LogP) is 1.70. The molecule has 11 nitrogen and oxygen atoms in total. The summed E-state index contributed by atoms with van der Waals surface area (Å²) in [6.45, 7) is 0.102. The smallest absolute Gasteiger partial charge is 0.283 e. The largest absolute Gasteiger partial charge is 0.497 e. The van der Waals surface area contributed by atoms with Gasteiger partial charge in [-0.15, -0.1) is 5.10 Å². The molecule has 33 heavy (non-hydrogen) atoms. The first-order valence-electron chi connectivity index (χ1n) is 9.96. The Bertz CT molecular complexity index is 1360. The Kier molecular flexibility index (Phi) is 6.20. The zero-order valence-corrected chi connectivity index (χ0v) is 18.3. The van der Waals surface area contributed by atoms with Gasteiger partial charge in [0.15, 0.2) is 11.2 Å². The van der Waals surface area contributed by atoms with E-state index in [-0.39, 0.29) is 12.1 Å². The fourth-order valence-electron chi connectivity index (χ4n) is 3.31. The molecule has 170 valence electrons. The number of fused-ring (bicyclic) bond motifs is 1. The van der Waals surface area contributed by atoms with Crippen LogP contribution in [0.1, 0.15) is 5.56 Å². The quantitative estimate of drug-likeness (QED) is 0.430. The number of carbonyl (C=O) groups excluding carboxylic acids is 1. The van der Waals surface area contributed by atoms with Crippen molar-refractivity contribution in [2.45, 2.75) is 13.1 Å². The maximum Gasteiger partial charge on any atom is 0.283 e. The highest BCUT2D eigenvalue weighted by Gasteiger charge is 2.15. The lowest BCUT2D eigenvalue weighted by Crippen LogP contribution is -2.28. The molecular weight excluding hydrogens is 428 g/mol. The Morgan fingerprint density at radius 1 is 1.03 bits per heavy atom. The molecule has 0 saturated carbocycles. The van der Waals surface area contributed by atoms with Crippen LogP contribution in [0.3, 0.4) is 0 Å². The molecule has 1 N–H and O–H groups in total. The number of benzene rings is 2. The highest BCUT2D eigenvalue weighted by Crippen LogP contribution is 2.28. The molecule has 2 aromatic carbocycles. The Morgan fingerprint density at radius 2 is 1.82 bits per heavy atom. The topological polar surface area (TPSA) is 122 Å². The second-order valence-electron chi connectivity index (χ2n) is 7.06. The van der Waals surface area contributed by atoms with Crippen molar-refractivity contribution >= 4 is 22.8 Å². The average molecular weight is 450 g/mol. The number of ether oxygens (including phenoxy) is 3. The van der Waals surface area contributed by atoms with E-state index in [0.29, 0.717) is 35.1 Å². The summed E-state index contributed by atoms with van der Waals surface area (Å²) in [6.07, 6.45) is 1.30. The monoisotopic (exact) mass is 450 g/mol. The van der Waals surface area contributed by atoms with Crippen molar-refractivity contribution in [2.24, 2.45) is 0 Å². The normalized spacial score (nSPS) is 10.8. The third-order valence-electron chi connectivity index (χ3n) is 4.95. The third kappa shape index (κ3) is 4.61. The van der Waals surface area contributed by atoms with Crippen LogP contribution in [0.25, 0.3) is 11.2 Å². The van der Waals surface area contributed by atoms with Gasteiger partial charge in [-0.25, -0.2) is 9.67 Å². The molecule has 0 radical (unpaired) electrons. The molecule has 0 aliphatic carbocycles. The molecule has 2 aromatic heterocycles. The van der Waals surface area contributed by atoms with Crippen LogP contribution in [0, 0.1) is 0 Å². The van der Waals surface area contributed by atoms with Crippen LogP contribution in [0.15, 0.2) is 53.6 Å². The van der Waals surface area contributed by atoms with Gasteiger partial charge in [0.1, 0.15) is 30.1 Å². The summed E-state index contributed by atoms with van der Waals surface area (Å²) in [5.74, 6) is 1.30. The van der Waals surface area contributed by atoms with Gasteiger partial charge in [-0.05, 0) is 29.8 Å². The Labute approximate surface area is 188 Å². The van der Waals surface area contributed by atoms with Crippen LogP contribution in [0.4, 0.5) is 5.69 Å². The van der Waals surface area contributed by atoms with Gasteiger partial charge in [-0.1, -0.05) is 17.3 Å². The minimum absolute atomic E-state index is 0.0761. The van der Waals surface area contributed by atoms with E-state index in [4.69, 9.17) is 14.2 Å². The molecule has 4 rings (SSSR count). The SMILES string of the molecule is COc1cccc(Cn2nnc3c(=O)n(CC(=O)Nc4cc(OC)ccc4OC)cnc32)c1. The third-order valence-corrected chi connectivity index (χ3v) is 4.95. The molecule has 0 spiro atoms. The number of methoxy groups -OCH3 is 3. The van der Waals surface area contributed by atoms with Gasteiger partial charge in [0, 0.05) is 6.07 Å². The van der Waals surface area contributed by atoms with Crippen LogP contribution in [0.5, 0.6) is 17.2 Å². The average Bonchev–Trinajstić information content (AvgIpc) is 3.24. The summed E-state index contributed by atoms with van der Waals surface area (Å²) in [6, 6.07) is 12.5. The fraction of sp³-hybridized carbons (Fsp3) is 0.227. The molecular formula is C22H22N6O5. The highest BCUT2D eigenvalue weighted by molar-refractivity contribution is 5.92. The van der Waals surface area contributed by atoms with Gasteiger partial charge in [0.05, 0.1) is 33.6 Å². The molecule has 0 bridgehead atoms. The molecule has 4 aromatic rings. The molecule has 0 fully saturated rings. The van der Waals surface area contributed by atoms with Crippen LogP contribution in [-0.2, 0) is 17.9 Å². The van der Waals surface area contributed by atoms with E-state index in [9.17, 15) is 9.59 Å². The van der Waals surface area contributed by atoms with Gasteiger partial charge in [-0.3, -0.25) is 14.2 Å². The van der Waals surface area contributed by atoms with E-state index in [1.807, 2.05) is 24.3 Å². The maximum absolute atomic E-state index is 12.9. The lowest BCUT2D eigenvalue weighted by molar-refractivity contribution is -0.116. The zero-order valence-electron chi connectivity index (χ0n) is 18.3. The number of rotatable bonds is 8. The molecule has 0 aliphatic rings. The van der Waals surface area contributed by atoms with Crippen LogP contribution < -0.4 is 25.1 Å². The first kappa shape index (κ1) is 21.8. The predicted molar refractivity (Wildman–Crippen MR) is 120 cm³/mol. The number of amides is 1. The van der Waals surface area contributed by atoms with E-state index >= 15 is 0 Å². The summed E-state index contributed by atoms with van der Waals surface area (Å²) in [5, 5.41) is 10.8. The van der Waals surface area contributed by atoms with Crippen molar-refractivity contribution in [3.8, 4) is 17.2 Å². The summed E-state index contributed by atoms with van der Waals surface area (Å²) in [5.41, 5.74) is 1.28. The molecule has 2 heterocycles. The number of anilines is 1. The first-order valence-corrected chi connectivity index (χ1v) is 9.96. The molecule has 11 heteroatoms.